The summed E-state index contributed by atoms with van der Waals surface area (Å²) in [4.78, 5) is 17.0. The van der Waals surface area contributed by atoms with Crippen LogP contribution in [-0.4, -0.2) is 69.4 Å². The van der Waals surface area contributed by atoms with Crippen LogP contribution in [-0.2, 0) is 21.4 Å². The highest BCUT2D eigenvalue weighted by Gasteiger charge is 2.29. The lowest BCUT2D eigenvalue weighted by Gasteiger charge is -2.34. The normalized spacial score (nSPS) is 16.6. The van der Waals surface area contributed by atoms with Crippen LogP contribution in [0.1, 0.15) is 19.4 Å². The Labute approximate surface area is 196 Å². The zero-order valence-corrected chi connectivity index (χ0v) is 20.0. The van der Waals surface area contributed by atoms with E-state index in [0.717, 1.165) is 38.8 Å². The lowest BCUT2D eigenvalue weighted by Crippen LogP contribution is -2.52. The second-order valence-electron chi connectivity index (χ2n) is 8.67. The van der Waals surface area contributed by atoms with Gasteiger partial charge in [-0.1, -0.05) is 56.3 Å². The fourth-order valence-corrected chi connectivity index (χ4v) is 5.27. The van der Waals surface area contributed by atoms with Gasteiger partial charge < -0.3 is 5.32 Å². The summed E-state index contributed by atoms with van der Waals surface area (Å²) in [6.07, 6.45) is 0. The summed E-state index contributed by atoms with van der Waals surface area (Å²) in [7, 11) is -4.16. The minimum absolute atomic E-state index is 0.298. The fourth-order valence-electron chi connectivity index (χ4n) is 3.85. The van der Waals surface area contributed by atoms with Gasteiger partial charge in [0.1, 0.15) is 16.8 Å². The number of nitrogens with one attached hydrogen (secondary N) is 2. The molecule has 2 aromatic carbocycles. The van der Waals surface area contributed by atoms with Crippen molar-refractivity contribution in [3.63, 3.8) is 0 Å². The standard InChI is InChI=1S/C24H33FN4O3S/c1-19(2)23(27-33(31,32)22-11-7-6-10-21(22)25)24(30)26-12-13-28-14-16-29(17-15-28)18-20-8-4-3-5-9-20/h3-11,19,23,27H,12-18H2,1-2H3,(H,26,30)/t23-/m0/s1. The van der Waals surface area contributed by atoms with Gasteiger partial charge in [-0.2, -0.15) is 4.72 Å². The van der Waals surface area contributed by atoms with Crippen molar-refractivity contribution in [1.82, 2.24) is 19.8 Å². The quantitative estimate of drug-likeness (QED) is 0.549. The Morgan fingerprint density at radius 2 is 1.58 bits per heavy atom. The molecular formula is C24H33FN4O3S. The zero-order valence-electron chi connectivity index (χ0n) is 19.2. The molecule has 0 aromatic heterocycles. The number of rotatable bonds is 10. The van der Waals surface area contributed by atoms with E-state index in [9.17, 15) is 17.6 Å². The molecule has 1 aliphatic rings. The van der Waals surface area contributed by atoms with Crippen LogP contribution in [0.5, 0.6) is 0 Å². The third-order valence-electron chi connectivity index (χ3n) is 5.80. The molecule has 1 heterocycles. The summed E-state index contributed by atoms with van der Waals surface area (Å²) in [5, 5.41) is 2.84. The average Bonchev–Trinajstić information content (AvgIpc) is 2.79. The monoisotopic (exact) mass is 476 g/mol. The smallest absolute Gasteiger partial charge is 0.244 e. The van der Waals surface area contributed by atoms with E-state index in [1.807, 2.05) is 6.07 Å². The van der Waals surface area contributed by atoms with Crippen molar-refractivity contribution < 1.29 is 17.6 Å². The van der Waals surface area contributed by atoms with E-state index in [0.29, 0.717) is 13.1 Å². The fraction of sp³-hybridized carbons (Fsp3) is 0.458. The molecule has 1 aliphatic heterocycles. The van der Waals surface area contributed by atoms with Gasteiger partial charge in [0, 0.05) is 45.8 Å². The molecule has 0 aliphatic carbocycles. The van der Waals surface area contributed by atoms with Gasteiger partial charge in [-0.25, -0.2) is 12.8 Å². The first-order valence-corrected chi connectivity index (χ1v) is 12.8. The Hall–Kier alpha value is -2.33. The number of halogens is 1. The average molecular weight is 477 g/mol. The summed E-state index contributed by atoms with van der Waals surface area (Å²) in [5.41, 5.74) is 1.30. The zero-order chi connectivity index (χ0) is 23.8. The van der Waals surface area contributed by atoms with Crippen molar-refractivity contribution in [1.29, 1.82) is 0 Å². The molecular weight excluding hydrogens is 443 g/mol. The number of carbonyl (C=O) groups is 1. The summed E-state index contributed by atoms with van der Waals surface area (Å²) in [6.45, 7) is 9.29. The van der Waals surface area contributed by atoms with E-state index in [-0.39, 0.29) is 5.92 Å². The number of sulfonamides is 1. The number of hydrogen-bond donors (Lipinski definition) is 2. The highest BCUT2D eigenvalue weighted by atomic mass is 32.2. The Balaban J connectivity index is 1.45. The first kappa shape index (κ1) is 25.3. The van der Waals surface area contributed by atoms with Gasteiger partial charge in [0.15, 0.2) is 0 Å². The number of nitrogens with zero attached hydrogens (tertiary/aromatic N) is 2. The molecule has 180 valence electrons. The topological polar surface area (TPSA) is 81.7 Å². The number of amides is 1. The van der Waals surface area contributed by atoms with Crippen LogP contribution in [0.25, 0.3) is 0 Å². The van der Waals surface area contributed by atoms with Gasteiger partial charge in [0.25, 0.3) is 0 Å². The molecule has 2 N–H and O–H groups in total. The highest BCUT2D eigenvalue weighted by molar-refractivity contribution is 7.89. The summed E-state index contributed by atoms with van der Waals surface area (Å²) < 4.78 is 41.6. The lowest BCUT2D eigenvalue weighted by molar-refractivity contribution is -0.123. The lowest BCUT2D eigenvalue weighted by atomic mass is 10.1. The Kier molecular flexibility index (Phi) is 8.96. The van der Waals surface area contributed by atoms with Gasteiger partial charge in [-0.15, -0.1) is 0 Å². The van der Waals surface area contributed by atoms with Crippen molar-refractivity contribution in [2.24, 2.45) is 5.92 Å². The van der Waals surface area contributed by atoms with Gasteiger partial charge >= 0.3 is 0 Å². The van der Waals surface area contributed by atoms with E-state index in [4.69, 9.17) is 0 Å². The third-order valence-corrected chi connectivity index (χ3v) is 7.27. The number of piperazine rings is 1. The first-order valence-electron chi connectivity index (χ1n) is 11.3. The maximum atomic E-state index is 14.0. The van der Waals surface area contributed by atoms with E-state index < -0.39 is 32.7 Å². The molecule has 1 amide bonds. The van der Waals surface area contributed by atoms with Gasteiger partial charge in [-0.3, -0.25) is 14.6 Å². The largest absolute Gasteiger partial charge is 0.353 e. The van der Waals surface area contributed by atoms with Crippen molar-refractivity contribution >= 4 is 15.9 Å². The molecule has 9 heteroatoms. The van der Waals surface area contributed by atoms with Crippen LogP contribution in [0.2, 0.25) is 0 Å². The van der Waals surface area contributed by atoms with Gasteiger partial charge in [-0.05, 0) is 23.6 Å². The molecule has 1 fully saturated rings. The molecule has 1 atom stereocenters. The maximum Gasteiger partial charge on any atom is 0.244 e. The number of benzene rings is 2. The van der Waals surface area contributed by atoms with Crippen molar-refractivity contribution in [3.8, 4) is 0 Å². The summed E-state index contributed by atoms with van der Waals surface area (Å²) in [6, 6.07) is 14.5. The van der Waals surface area contributed by atoms with Crippen molar-refractivity contribution in [3.05, 3.63) is 66.0 Å². The minimum atomic E-state index is -4.16. The summed E-state index contributed by atoms with van der Waals surface area (Å²) in [5.74, 6) is -1.56. The number of carbonyl (C=O) groups excluding carboxylic acids is 1. The van der Waals surface area contributed by atoms with Crippen LogP contribution >= 0.6 is 0 Å². The van der Waals surface area contributed by atoms with Crippen molar-refractivity contribution in [2.75, 3.05) is 39.3 Å². The molecule has 0 spiro atoms. The predicted molar refractivity (Wildman–Crippen MR) is 127 cm³/mol. The molecule has 33 heavy (non-hydrogen) atoms. The van der Waals surface area contributed by atoms with E-state index in [1.165, 1.54) is 23.8 Å². The molecule has 2 aromatic rings. The molecule has 0 radical (unpaired) electrons. The molecule has 0 saturated carbocycles. The predicted octanol–water partition coefficient (Wildman–Crippen LogP) is 2.06. The molecule has 0 bridgehead atoms. The molecule has 1 saturated heterocycles. The second-order valence-corrected chi connectivity index (χ2v) is 10.4. The van der Waals surface area contributed by atoms with Gasteiger partial charge in [0.2, 0.25) is 15.9 Å². The van der Waals surface area contributed by atoms with Crippen LogP contribution in [0.4, 0.5) is 4.39 Å². The van der Waals surface area contributed by atoms with E-state index in [2.05, 4.69) is 44.1 Å². The SMILES string of the molecule is CC(C)[C@H](NS(=O)(=O)c1ccccc1F)C(=O)NCCN1CCN(Cc2ccccc2)CC1. The van der Waals surface area contributed by atoms with Gasteiger partial charge in [0.05, 0.1) is 0 Å². The first-order chi connectivity index (χ1) is 15.8. The Morgan fingerprint density at radius 3 is 2.21 bits per heavy atom. The molecule has 3 rings (SSSR count). The van der Waals surface area contributed by atoms with Crippen LogP contribution in [0.3, 0.4) is 0 Å². The Morgan fingerprint density at radius 1 is 0.970 bits per heavy atom. The van der Waals surface area contributed by atoms with E-state index in [1.54, 1.807) is 13.8 Å². The second kappa shape index (κ2) is 11.7. The highest BCUT2D eigenvalue weighted by Crippen LogP contribution is 2.15. The third kappa shape index (κ3) is 7.33. The van der Waals surface area contributed by atoms with Crippen molar-refractivity contribution in [2.45, 2.75) is 31.3 Å². The van der Waals surface area contributed by atoms with Crippen LogP contribution in [0, 0.1) is 11.7 Å². The molecule has 0 unspecified atom stereocenters. The summed E-state index contributed by atoms with van der Waals surface area (Å²) >= 11 is 0. The Bertz CT molecular complexity index is 1010. The van der Waals surface area contributed by atoms with Crippen LogP contribution < -0.4 is 10.0 Å². The minimum Gasteiger partial charge on any atom is -0.353 e. The van der Waals surface area contributed by atoms with E-state index >= 15 is 0 Å². The van der Waals surface area contributed by atoms with Crippen LogP contribution in [0.15, 0.2) is 59.5 Å². The maximum absolute atomic E-state index is 14.0. The molecule has 7 nitrogen and oxygen atoms in total. The number of hydrogen-bond acceptors (Lipinski definition) is 5.